The molecule has 1 atom stereocenters. The Hall–Kier alpha value is -0.320. The van der Waals surface area contributed by atoms with Crippen molar-refractivity contribution in [3.8, 4) is 0 Å². The minimum Gasteiger partial charge on any atom is -0.381 e. The van der Waals surface area contributed by atoms with Crippen molar-refractivity contribution in [1.29, 1.82) is 0 Å². The van der Waals surface area contributed by atoms with Gasteiger partial charge >= 0.3 is 0 Å². The number of nitrogens with zero attached hydrogens (tertiary/aromatic N) is 1. The summed E-state index contributed by atoms with van der Waals surface area (Å²) in [5.74, 6) is 0.461. The van der Waals surface area contributed by atoms with E-state index in [2.05, 4.69) is 0 Å². The van der Waals surface area contributed by atoms with Gasteiger partial charge in [0.1, 0.15) is 0 Å². The Morgan fingerprint density at radius 1 is 1.56 bits per heavy atom. The van der Waals surface area contributed by atoms with Crippen molar-refractivity contribution in [3.63, 3.8) is 0 Å². The average Bonchev–Trinajstić information content (AvgIpc) is 2.16. The van der Waals surface area contributed by atoms with E-state index < -0.39 is 5.54 Å². The molecule has 0 aromatic carbocycles. The molecule has 0 bridgehead atoms. The highest BCUT2D eigenvalue weighted by Crippen LogP contribution is 2.15. The number of halogens is 1. The first-order valence-corrected chi connectivity index (χ1v) is 5.53. The maximum Gasteiger partial charge on any atom is 0.241 e. The van der Waals surface area contributed by atoms with Gasteiger partial charge in [-0.1, -0.05) is 0 Å². The molecule has 0 radical (unpaired) electrons. The van der Waals surface area contributed by atoms with Crippen LogP contribution in [0.25, 0.3) is 0 Å². The fourth-order valence-electron chi connectivity index (χ4n) is 1.91. The van der Waals surface area contributed by atoms with Crippen molar-refractivity contribution in [2.24, 2.45) is 11.7 Å². The normalized spacial score (nSPS) is 21.1. The van der Waals surface area contributed by atoms with E-state index in [1.807, 2.05) is 7.05 Å². The molecule has 1 unspecified atom stereocenters. The van der Waals surface area contributed by atoms with E-state index in [-0.39, 0.29) is 18.3 Å². The number of likely N-dealkylation sites (N-methyl/N-ethyl adjacent to an activating group) is 1. The summed E-state index contributed by atoms with van der Waals surface area (Å²) in [6.45, 7) is 5.85. The number of carbonyl (C=O) groups excluding carboxylic acids is 1. The van der Waals surface area contributed by atoms with Crippen LogP contribution in [0.15, 0.2) is 0 Å². The molecule has 1 fully saturated rings. The largest absolute Gasteiger partial charge is 0.381 e. The highest BCUT2D eigenvalue weighted by molar-refractivity contribution is 5.85. The van der Waals surface area contributed by atoms with Crippen LogP contribution in [0.4, 0.5) is 0 Å². The van der Waals surface area contributed by atoms with E-state index >= 15 is 0 Å². The molecule has 96 valence electrons. The first-order chi connectivity index (χ1) is 6.91. The first-order valence-electron chi connectivity index (χ1n) is 5.53. The fraction of sp³-hybridized carbons (Fsp3) is 0.909. The fourth-order valence-corrected chi connectivity index (χ4v) is 1.91. The second kappa shape index (κ2) is 6.42. The molecular formula is C11H23ClN2O2. The lowest BCUT2D eigenvalue weighted by Crippen LogP contribution is -2.51. The molecule has 1 aliphatic rings. The molecule has 4 nitrogen and oxygen atoms in total. The SMILES string of the molecule is CN(CC1CCCOC1)C(=O)C(C)(C)N.Cl. The van der Waals surface area contributed by atoms with Gasteiger partial charge in [0, 0.05) is 20.2 Å². The number of ether oxygens (including phenoxy) is 1. The van der Waals surface area contributed by atoms with Crippen LogP contribution in [0.3, 0.4) is 0 Å². The van der Waals surface area contributed by atoms with Crippen LogP contribution in [0, 0.1) is 5.92 Å². The van der Waals surface area contributed by atoms with Crippen LogP contribution < -0.4 is 5.73 Å². The van der Waals surface area contributed by atoms with Gasteiger partial charge in [0.15, 0.2) is 0 Å². The van der Waals surface area contributed by atoms with Crippen molar-refractivity contribution >= 4 is 18.3 Å². The summed E-state index contributed by atoms with van der Waals surface area (Å²) < 4.78 is 5.38. The van der Waals surface area contributed by atoms with Gasteiger partial charge in [-0.05, 0) is 32.6 Å². The van der Waals surface area contributed by atoms with Crippen molar-refractivity contribution in [2.45, 2.75) is 32.2 Å². The molecule has 5 heteroatoms. The minimum atomic E-state index is -0.774. The maximum absolute atomic E-state index is 11.8. The molecule has 0 aliphatic carbocycles. The van der Waals surface area contributed by atoms with Gasteiger partial charge in [-0.25, -0.2) is 0 Å². The highest BCUT2D eigenvalue weighted by atomic mass is 35.5. The van der Waals surface area contributed by atoms with Gasteiger partial charge in [-0.3, -0.25) is 4.79 Å². The highest BCUT2D eigenvalue weighted by Gasteiger charge is 2.27. The first kappa shape index (κ1) is 15.7. The lowest BCUT2D eigenvalue weighted by atomic mass is 10.00. The molecule has 2 N–H and O–H groups in total. The van der Waals surface area contributed by atoms with Crippen LogP contribution in [-0.4, -0.2) is 43.2 Å². The zero-order valence-corrected chi connectivity index (χ0v) is 11.2. The van der Waals surface area contributed by atoms with Crippen molar-refractivity contribution in [3.05, 3.63) is 0 Å². The zero-order valence-electron chi connectivity index (χ0n) is 10.4. The monoisotopic (exact) mass is 250 g/mol. The van der Waals surface area contributed by atoms with Crippen molar-refractivity contribution in [1.82, 2.24) is 4.90 Å². The van der Waals surface area contributed by atoms with Gasteiger partial charge in [0.25, 0.3) is 0 Å². The Balaban J connectivity index is 0.00000225. The summed E-state index contributed by atoms with van der Waals surface area (Å²) in [4.78, 5) is 13.5. The number of rotatable bonds is 3. The van der Waals surface area contributed by atoms with Crippen molar-refractivity contribution in [2.75, 3.05) is 26.8 Å². The topological polar surface area (TPSA) is 55.6 Å². The summed E-state index contributed by atoms with van der Waals surface area (Å²) in [6.07, 6.45) is 2.24. The van der Waals surface area contributed by atoms with Crippen molar-refractivity contribution < 1.29 is 9.53 Å². The Bertz CT molecular complexity index is 223. The molecular weight excluding hydrogens is 228 g/mol. The molecule has 1 heterocycles. The van der Waals surface area contributed by atoms with E-state index in [1.54, 1.807) is 18.7 Å². The average molecular weight is 251 g/mol. The van der Waals surface area contributed by atoms with Crippen LogP contribution in [0.5, 0.6) is 0 Å². The predicted octanol–water partition coefficient (Wildman–Crippen LogP) is 1.03. The number of nitrogens with two attached hydrogens (primary N) is 1. The summed E-state index contributed by atoms with van der Waals surface area (Å²) in [7, 11) is 1.81. The maximum atomic E-state index is 11.8. The summed E-state index contributed by atoms with van der Waals surface area (Å²) in [5, 5.41) is 0. The number of amides is 1. The van der Waals surface area contributed by atoms with Gasteiger partial charge in [-0.15, -0.1) is 12.4 Å². The lowest BCUT2D eigenvalue weighted by molar-refractivity contribution is -0.135. The quantitative estimate of drug-likeness (QED) is 0.814. The standard InChI is InChI=1S/C11H22N2O2.ClH/c1-11(2,12)10(14)13(3)7-9-5-4-6-15-8-9;/h9H,4-8,12H2,1-3H3;1H. The predicted molar refractivity (Wildman–Crippen MR) is 66.7 cm³/mol. The van der Waals surface area contributed by atoms with E-state index in [4.69, 9.17) is 10.5 Å². The van der Waals surface area contributed by atoms with Gasteiger partial charge < -0.3 is 15.4 Å². The number of carbonyl (C=O) groups is 1. The van der Waals surface area contributed by atoms with Crippen LogP contribution in [-0.2, 0) is 9.53 Å². The zero-order chi connectivity index (χ0) is 11.5. The Kier molecular flexibility index (Phi) is 6.30. The number of hydrogen-bond donors (Lipinski definition) is 1. The molecule has 0 spiro atoms. The van der Waals surface area contributed by atoms with Crippen LogP contribution in [0.2, 0.25) is 0 Å². The second-order valence-electron chi connectivity index (χ2n) is 4.99. The van der Waals surface area contributed by atoms with E-state index in [0.717, 1.165) is 32.6 Å². The van der Waals surface area contributed by atoms with E-state index in [0.29, 0.717) is 5.92 Å². The smallest absolute Gasteiger partial charge is 0.241 e. The Labute approximate surface area is 104 Å². The minimum absolute atomic E-state index is 0. The molecule has 0 aromatic heterocycles. The van der Waals surface area contributed by atoms with Crippen LogP contribution >= 0.6 is 12.4 Å². The molecule has 1 amide bonds. The van der Waals surface area contributed by atoms with Crippen LogP contribution in [0.1, 0.15) is 26.7 Å². The lowest BCUT2D eigenvalue weighted by Gasteiger charge is -2.30. The van der Waals surface area contributed by atoms with Gasteiger partial charge in [-0.2, -0.15) is 0 Å². The molecule has 1 saturated heterocycles. The molecule has 16 heavy (non-hydrogen) atoms. The Morgan fingerprint density at radius 3 is 2.62 bits per heavy atom. The van der Waals surface area contributed by atoms with E-state index in [9.17, 15) is 4.79 Å². The third-order valence-corrected chi connectivity index (χ3v) is 2.68. The van der Waals surface area contributed by atoms with Gasteiger partial charge in [0.2, 0.25) is 5.91 Å². The summed E-state index contributed by atoms with van der Waals surface area (Å²) >= 11 is 0. The second-order valence-corrected chi connectivity index (χ2v) is 4.99. The molecule has 1 aliphatic heterocycles. The third kappa shape index (κ3) is 4.68. The van der Waals surface area contributed by atoms with Gasteiger partial charge in [0.05, 0.1) is 12.1 Å². The molecule has 0 saturated carbocycles. The Morgan fingerprint density at radius 2 is 2.19 bits per heavy atom. The molecule has 1 rings (SSSR count). The summed E-state index contributed by atoms with van der Waals surface area (Å²) in [5.41, 5.74) is 4.99. The third-order valence-electron chi connectivity index (χ3n) is 2.68. The van der Waals surface area contributed by atoms with E-state index in [1.165, 1.54) is 0 Å². The number of hydrogen-bond acceptors (Lipinski definition) is 3. The molecule has 0 aromatic rings. The summed E-state index contributed by atoms with van der Waals surface area (Å²) in [6, 6.07) is 0.